The number of nitrogens with zero attached hydrogens (tertiary/aromatic N) is 1. The molecule has 1 rings (SSSR count). The smallest absolute Gasteiger partial charge is 0.256 e. The fourth-order valence-electron chi connectivity index (χ4n) is 1.11. The van der Waals surface area contributed by atoms with Gasteiger partial charge in [-0.25, -0.2) is 5.01 Å². The normalized spacial score (nSPS) is 12.9. The number of nitrogens with one attached hydrogen (secondary N) is 1. The van der Waals surface area contributed by atoms with Crippen molar-refractivity contribution in [1.29, 1.82) is 0 Å². The van der Waals surface area contributed by atoms with Crippen molar-refractivity contribution in [2.45, 2.75) is 13.0 Å². The molecule has 5 heteroatoms. The molecule has 0 aliphatic heterocycles. The van der Waals surface area contributed by atoms with Crippen LogP contribution in [0.3, 0.4) is 0 Å². The van der Waals surface area contributed by atoms with Gasteiger partial charge < -0.3 is 5.73 Å². The van der Waals surface area contributed by atoms with Crippen molar-refractivity contribution < 1.29 is 4.79 Å². The molecule has 0 saturated carbocycles. The molecule has 0 aromatic carbocycles. The zero-order valence-corrected chi connectivity index (χ0v) is 9.39. The van der Waals surface area contributed by atoms with Crippen LogP contribution in [0.5, 0.6) is 0 Å². The maximum absolute atomic E-state index is 11.5. The average Bonchev–Trinajstić information content (AvgIpc) is 2.48. The number of hydrogen-bond donors (Lipinski definition) is 2. The minimum Gasteiger partial charge on any atom is -0.315 e. The quantitative estimate of drug-likeness (QED) is 0.725. The lowest BCUT2D eigenvalue weighted by atomic mass is 10.2. The molecule has 1 aromatic rings. The van der Waals surface area contributed by atoms with Crippen LogP contribution in [0.4, 0.5) is 0 Å². The van der Waals surface area contributed by atoms with Gasteiger partial charge in [0.2, 0.25) is 0 Å². The summed E-state index contributed by atoms with van der Waals surface area (Å²) in [6.45, 7) is 1.95. The molecule has 0 spiro atoms. The molecule has 0 aliphatic rings. The van der Waals surface area contributed by atoms with Crippen molar-refractivity contribution in [2.75, 3.05) is 14.1 Å². The number of carbonyl (C=O) groups excluding carboxylic acids is 1. The SMILES string of the molecule is Cc1ccsc1C(N)C(=O)NN(C)C. The number of hydrogen-bond acceptors (Lipinski definition) is 4. The Hall–Kier alpha value is -0.910. The van der Waals surface area contributed by atoms with Crippen LogP contribution in [0, 0.1) is 6.92 Å². The molecule has 0 aliphatic carbocycles. The predicted molar refractivity (Wildman–Crippen MR) is 57.8 cm³/mol. The lowest BCUT2D eigenvalue weighted by Gasteiger charge is -2.16. The van der Waals surface area contributed by atoms with Crippen molar-refractivity contribution in [3.05, 3.63) is 21.9 Å². The second kappa shape index (κ2) is 4.54. The van der Waals surface area contributed by atoms with Gasteiger partial charge in [-0.15, -0.1) is 11.3 Å². The first-order valence-corrected chi connectivity index (χ1v) is 5.17. The van der Waals surface area contributed by atoms with E-state index in [4.69, 9.17) is 5.73 Å². The van der Waals surface area contributed by atoms with Gasteiger partial charge in [0.15, 0.2) is 0 Å². The molecular weight excluding hydrogens is 198 g/mol. The third-order valence-electron chi connectivity index (χ3n) is 1.80. The van der Waals surface area contributed by atoms with Gasteiger partial charge in [-0.1, -0.05) is 0 Å². The standard InChI is InChI=1S/C9H15N3OS/c1-6-4-5-14-8(6)7(10)9(13)11-12(2)3/h4-5,7H,10H2,1-3H3,(H,11,13). The topological polar surface area (TPSA) is 58.4 Å². The summed E-state index contributed by atoms with van der Waals surface area (Å²) in [6, 6.07) is 1.39. The molecule has 0 saturated heterocycles. The van der Waals surface area contributed by atoms with Crippen LogP contribution in [0.25, 0.3) is 0 Å². The second-order valence-electron chi connectivity index (χ2n) is 3.32. The molecule has 1 atom stereocenters. The fraction of sp³-hybridized carbons (Fsp3) is 0.444. The lowest BCUT2D eigenvalue weighted by Crippen LogP contribution is -2.41. The zero-order valence-electron chi connectivity index (χ0n) is 8.57. The third kappa shape index (κ3) is 2.54. The van der Waals surface area contributed by atoms with E-state index in [2.05, 4.69) is 5.43 Å². The number of amides is 1. The molecule has 0 bridgehead atoms. The summed E-state index contributed by atoms with van der Waals surface area (Å²) >= 11 is 1.51. The van der Waals surface area contributed by atoms with E-state index in [9.17, 15) is 4.79 Å². The molecule has 4 nitrogen and oxygen atoms in total. The van der Waals surface area contributed by atoms with E-state index in [1.165, 1.54) is 11.3 Å². The summed E-state index contributed by atoms with van der Waals surface area (Å²) in [5.41, 5.74) is 9.50. The van der Waals surface area contributed by atoms with Crippen molar-refractivity contribution in [1.82, 2.24) is 10.4 Å². The number of thiophene rings is 1. The number of aryl methyl sites for hydroxylation is 1. The number of rotatable bonds is 3. The highest BCUT2D eigenvalue weighted by Gasteiger charge is 2.18. The Morgan fingerprint density at radius 3 is 2.71 bits per heavy atom. The third-order valence-corrected chi connectivity index (χ3v) is 2.90. The zero-order chi connectivity index (χ0) is 10.7. The van der Waals surface area contributed by atoms with Crippen molar-refractivity contribution in [2.24, 2.45) is 5.73 Å². The molecule has 3 N–H and O–H groups in total. The monoisotopic (exact) mass is 213 g/mol. The van der Waals surface area contributed by atoms with Crippen LogP contribution < -0.4 is 11.2 Å². The van der Waals surface area contributed by atoms with Crippen LogP contribution in [-0.2, 0) is 4.79 Å². The number of hydrazine groups is 1. The van der Waals surface area contributed by atoms with Gasteiger partial charge in [0.05, 0.1) is 0 Å². The van der Waals surface area contributed by atoms with Gasteiger partial charge in [0.25, 0.3) is 5.91 Å². The van der Waals surface area contributed by atoms with E-state index in [1.54, 1.807) is 19.1 Å². The summed E-state index contributed by atoms with van der Waals surface area (Å²) in [7, 11) is 3.51. The molecule has 1 amide bonds. The summed E-state index contributed by atoms with van der Waals surface area (Å²) in [5, 5.41) is 3.53. The Balaban J connectivity index is 2.71. The molecule has 0 radical (unpaired) electrons. The van der Waals surface area contributed by atoms with E-state index in [0.29, 0.717) is 0 Å². The van der Waals surface area contributed by atoms with Crippen molar-refractivity contribution in [3.8, 4) is 0 Å². The number of nitrogens with two attached hydrogens (primary N) is 1. The Labute approximate surface area is 87.7 Å². The maximum atomic E-state index is 11.5. The van der Waals surface area contributed by atoms with Gasteiger partial charge in [0.1, 0.15) is 6.04 Å². The Morgan fingerprint density at radius 1 is 1.64 bits per heavy atom. The van der Waals surface area contributed by atoms with Gasteiger partial charge >= 0.3 is 0 Å². The first-order chi connectivity index (χ1) is 6.52. The van der Waals surface area contributed by atoms with E-state index >= 15 is 0 Å². The van der Waals surface area contributed by atoms with Crippen LogP contribution in [0.1, 0.15) is 16.5 Å². The highest BCUT2D eigenvalue weighted by molar-refractivity contribution is 7.10. The van der Waals surface area contributed by atoms with Crippen LogP contribution >= 0.6 is 11.3 Å². The average molecular weight is 213 g/mol. The molecule has 14 heavy (non-hydrogen) atoms. The largest absolute Gasteiger partial charge is 0.315 e. The van der Waals surface area contributed by atoms with Crippen molar-refractivity contribution in [3.63, 3.8) is 0 Å². The minimum atomic E-state index is -0.572. The highest BCUT2D eigenvalue weighted by atomic mass is 32.1. The van der Waals surface area contributed by atoms with Gasteiger partial charge in [0, 0.05) is 19.0 Å². The van der Waals surface area contributed by atoms with Crippen LogP contribution in [0.15, 0.2) is 11.4 Å². The van der Waals surface area contributed by atoms with Gasteiger partial charge in [-0.05, 0) is 23.9 Å². The first kappa shape index (κ1) is 11.2. The molecule has 1 unspecified atom stereocenters. The highest BCUT2D eigenvalue weighted by Crippen LogP contribution is 2.21. The summed E-state index contributed by atoms with van der Waals surface area (Å²) in [6.07, 6.45) is 0. The van der Waals surface area contributed by atoms with Gasteiger partial charge in [-0.3, -0.25) is 10.2 Å². The Kier molecular flexibility index (Phi) is 3.62. The van der Waals surface area contributed by atoms with E-state index in [1.807, 2.05) is 18.4 Å². The maximum Gasteiger partial charge on any atom is 0.256 e. The fourth-order valence-corrected chi connectivity index (χ4v) is 2.04. The van der Waals surface area contributed by atoms with E-state index in [0.717, 1.165) is 10.4 Å². The summed E-state index contributed by atoms with van der Waals surface area (Å²) in [5.74, 6) is -0.180. The lowest BCUT2D eigenvalue weighted by molar-refractivity contribution is -0.126. The first-order valence-electron chi connectivity index (χ1n) is 4.29. The van der Waals surface area contributed by atoms with E-state index in [-0.39, 0.29) is 5.91 Å². The van der Waals surface area contributed by atoms with Crippen LogP contribution in [0.2, 0.25) is 0 Å². The molecular formula is C9H15N3OS. The van der Waals surface area contributed by atoms with E-state index < -0.39 is 6.04 Å². The molecule has 0 fully saturated rings. The summed E-state index contributed by atoms with van der Waals surface area (Å²) < 4.78 is 0. The molecule has 78 valence electrons. The molecule has 1 aromatic heterocycles. The minimum absolute atomic E-state index is 0.180. The van der Waals surface area contributed by atoms with Gasteiger partial charge in [-0.2, -0.15) is 0 Å². The Morgan fingerprint density at radius 2 is 2.29 bits per heavy atom. The molecule has 1 heterocycles. The van der Waals surface area contributed by atoms with Crippen LogP contribution in [-0.4, -0.2) is 25.0 Å². The number of carbonyl (C=O) groups is 1. The Bertz CT molecular complexity index is 322. The van der Waals surface area contributed by atoms with Crippen molar-refractivity contribution >= 4 is 17.2 Å². The predicted octanol–water partition coefficient (Wildman–Crippen LogP) is 0.649. The second-order valence-corrected chi connectivity index (χ2v) is 4.26. The summed E-state index contributed by atoms with van der Waals surface area (Å²) in [4.78, 5) is 12.5.